The van der Waals surface area contributed by atoms with Crippen LogP contribution in [0, 0.1) is 0 Å². The van der Waals surface area contributed by atoms with E-state index in [1.165, 1.54) is 11.3 Å². The molecule has 0 amide bonds. The van der Waals surface area contributed by atoms with Crippen molar-refractivity contribution in [1.29, 1.82) is 0 Å². The Morgan fingerprint density at radius 1 is 1.32 bits per heavy atom. The second kappa shape index (κ2) is 4.79. The topological polar surface area (TPSA) is 43.1 Å². The van der Waals surface area contributed by atoms with Gasteiger partial charge < -0.3 is 4.42 Å². The first-order valence-electron chi connectivity index (χ1n) is 5.86. The largest absolute Gasteiger partial charge is 0.408 e. The molecule has 0 bridgehead atoms. The Morgan fingerprint density at radius 3 is 2.74 bits per heavy atom. The highest BCUT2D eigenvalue weighted by Crippen LogP contribution is 2.31. The number of hydrogen-bond donors (Lipinski definition) is 0. The third-order valence-corrected chi connectivity index (χ3v) is 3.99. The van der Waals surface area contributed by atoms with Crippen LogP contribution >= 0.6 is 22.9 Å². The Balaban J connectivity index is 2.26. The molecule has 0 aliphatic carbocycles. The van der Waals surface area contributed by atoms with Crippen LogP contribution < -0.4 is 5.63 Å². The van der Waals surface area contributed by atoms with Crippen LogP contribution in [-0.4, -0.2) is 4.98 Å². The number of thiophene rings is 1. The van der Waals surface area contributed by atoms with E-state index < -0.39 is 0 Å². The van der Waals surface area contributed by atoms with Gasteiger partial charge in [-0.1, -0.05) is 30.7 Å². The summed E-state index contributed by atoms with van der Waals surface area (Å²) in [5, 5.41) is 3.14. The van der Waals surface area contributed by atoms with Crippen LogP contribution in [0.5, 0.6) is 0 Å². The third-order valence-electron chi connectivity index (χ3n) is 2.87. The van der Waals surface area contributed by atoms with Gasteiger partial charge in [0.2, 0.25) is 0 Å². The van der Waals surface area contributed by atoms with Gasteiger partial charge in [0, 0.05) is 22.4 Å². The van der Waals surface area contributed by atoms with Crippen LogP contribution in [0.15, 0.2) is 38.9 Å². The average molecular weight is 292 g/mol. The van der Waals surface area contributed by atoms with Crippen LogP contribution in [0.25, 0.3) is 21.3 Å². The fourth-order valence-corrected chi connectivity index (χ4v) is 2.99. The van der Waals surface area contributed by atoms with Crippen LogP contribution in [0.4, 0.5) is 0 Å². The van der Waals surface area contributed by atoms with Gasteiger partial charge in [0.1, 0.15) is 10.2 Å². The van der Waals surface area contributed by atoms with Gasteiger partial charge in [-0.2, -0.15) is 0 Å². The molecule has 0 aliphatic heterocycles. The maximum atomic E-state index is 12.1. The predicted molar refractivity (Wildman–Crippen MR) is 78.0 cm³/mol. The van der Waals surface area contributed by atoms with Crippen molar-refractivity contribution in [3.63, 3.8) is 0 Å². The number of benzene rings is 1. The number of hydrogen-bond acceptors (Lipinski definition) is 4. The van der Waals surface area contributed by atoms with Gasteiger partial charge in [-0.25, -0.2) is 9.78 Å². The molecule has 0 N–H and O–H groups in total. The summed E-state index contributed by atoms with van der Waals surface area (Å²) in [5.41, 5.74) is 1.46. The number of halogens is 1. The molecule has 2 aromatic heterocycles. The zero-order valence-corrected chi connectivity index (χ0v) is 11.7. The van der Waals surface area contributed by atoms with Crippen molar-refractivity contribution < 1.29 is 4.42 Å². The summed E-state index contributed by atoms with van der Waals surface area (Å²) in [7, 11) is 0. The molecule has 0 radical (unpaired) electrons. The molecule has 0 spiro atoms. The lowest BCUT2D eigenvalue weighted by Gasteiger charge is -1.99. The molecule has 3 nitrogen and oxygen atoms in total. The van der Waals surface area contributed by atoms with E-state index in [1.54, 1.807) is 12.1 Å². The van der Waals surface area contributed by atoms with Crippen molar-refractivity contribution in [3.8, 4) is 11.1 Å². The first kappa shape index (κ1) is 12.4. The van der Waals surface area contributed by atoms with E-state index in [9.17, 15) is 4.79 Å². The molecule has 3 rings (SSSR count). The van der Waals surface area contributed by atoms with Gasteiger partial charge in [0.05, 0.1) is 0 Å². The van der Waals surface area contributed by atoms with Crippen molar-refractivity contribution in [2.24, 2.45) is 0 Å². The summed E-state index contributed by atoms with van der Waals surface area (Å²) in [6, 6.07) is 7.37. The predicted octanol–water partition coefficient (Wildman–Crippen LogP) is 4.13. The zero-order chi connectivity index (χ0) is 13.4. The molecule has 0 unspecified atom stereocenters. The lowest BCUT2D eigenvalue weighted by Crippen LogP contribution is -2.03. The Morgan fingerprint density at radius 2 is 2.05 bits per heavy atom. The van der Waals surface area contributed by atoms with Gasteiger partial charge in [-0.3, -0.25) is 0 Å². The minimum atomic E-state index is -0.326. The second-order valence-electron chi connectivity index (χ2n) is 4.09. The van der Waals surface area contributed by atoms with Gasteiger partial charge in [-0.15, -0.1) is 11.3 Å². The molecule has 0 aliphatic rings. The van der Waals surface area contributed by atoms with Crippen LogP contribution in [0.2, 0.25) is 5.02 Å². The molecule has 2 heterocycles. The minimum Gasteiger partial charge on any atom is -0.408 e. The van der Waals surface area contributed by atoms with E-state index in [-0.39, 0.29) is 5.63 Å². The highest BCUT2D eigenvalue weighted by Gasteiger charge is 2.13. The lowest BCUT2D eigenvalue weighted by atomic mass is 10.1. The zero-order valence-electron chi connectivity index (χ0n) is 10.1. The molecule has 0 saturated heterocycles. The highest BCUT2D eigenvalue weighted by atomic mass is 35.5. The summed E-state index contributed by atoms with van der Waals surface area (Å²) in [6.45, 7) is 1.91. The van der Waals surface area contributed by atoms with E-state index in [2.05, 4.69) is 4.98 Å². The van der Waals surface area contributed by atoms with Gasteiger partial charge >= 0.3 is 5.63 Å². The fourth-order valence-electron chi connectivity index (χ4n) is 1.91. The van der Waals surface area contributed by atoms with E-state index in [0.717, 1.165) is 16.0 Å². The molecular formula is C14H10ClNO2S. The molecule has 0 fully saturated rings. The molecule has 0 saturated carbocycles. The maximum Gasteiger partial charge on any atom is 0.348 e. The molecule has 0 atom stereocenters. The molecule has 1 aromatic carbocycles. The number of aryl methyl sites for hydroxylation is 1. The van der Waals surface area contributed by atoms with E-state index in [0.29, 0.717) is 22.7 Å². The summed E-state index contributed by atoms with van der Waals surface area (Å²) in [5.74, 6) is 0.474. The van der Waals surface area contributed by atoms with Crippen molar-refractivity contribution in [2.45, 2.75) is 13.3 Å². The van der Waals surface area contributed by atoms with Gasteiger partial charge in [-0.05, 0) is 17.7 Å². The molecule has 96 valence electrons. The quantitative estimate of drug-likeness (QED) is 0.713. The van der Waals surface area contributed by atoms with Gasteiger partial charge in [0.25, 0.3) is 0 Å². The normalized spacial score (nSPS) is 11.1. The van der Waals surface area contributed by atoms with Gasteiger partial charge in [0.15, 0.2) is 5.89 Å². The van der Waals surface area contributed by atoms with Crippen molar-refractivity contribution in [1.82, 2.24) is 4.98 Å². The standard InChI is InChI=1S/C14H10ClNO2S/c1-2-11-16-13-12(14(17)18-11)10(7-19-13)8-3-5-9(15)6-4-8/h3-7H,2H2,1H3. The SMILES string of the molecule is CCc1nc2scc(-c3ccc(Cl)cc3)c2c(=O)o1. The fraction of sp³-hybridized carbons (Fsp3) is 0.143. The van der Waals surface area contributed by atoms with E-state index in [1.807, 2.05) is 24.4 Å². The Hall–Kier alpha value is -1.65. The molecule has 5 heteroatoms. The van der Waals surface area contributed by atoms with Crippen molar-refractivity contribution in [3.05, 3.63) is 51.0 Å². The first-order chi connectivity index (χ1) is 9.19. The Labute approximate surface area is 118 Å². The molecular weight excluding hydrogens is 282 g/mol. The summed E-state index contributed by atoms with van der Waals surface area (Å²) in [4.78, 5) is 17.1. The first-order valence-corrected chi connectivity index (χ1v) is 7.12. The number of nitrogens with zero attached hydrogens (tertiary/aromatic N) is 1. The van der Waals surface area contributed by atoms with Crippen molar-refractivity contribution >= 4 is 33.2 Å². The minimum absolute atomic E-state index is 0.326. The van der Waals surface area contributed by atoms with Crippen LogP contribution in [0.1, 0.15) is 12.8 Å². The summed E-state index contributed by atoms with van der Waals surface area (Å²) >= 11 is 7.32. The third kappa shape index (κ3) is 2.17. The maximum absolute atomic E-state index is 12.1. The number of rotatable bonds is 2. The Kier molecular flexibility index (Phi) is 3.12. The van der Waals surface area contributed by atoms with E-state index >= 15 is 0 Å². The second-order valence-corrected chi connectivity index (χ2v) is 5.38. The van der Waals surface area contributed by atoms with E-state index in [4.69, 9.17) is 16.0 Å². The van der Waals surface area contributed by atoms with Crippen LogP contribution in [0.3, 0.4) is 0 Å². The highest BCUT2D eigenvalue weighted by molar-refractivity contribution is 7.17. The van der Waals surface area contributed by atoms with Crippen molar-refractivity contribution in [2.75, 3.05) is 0 Å². The van der Waals surface area contributed by atoms with Crippen LogP contribution in [-0.2, 0) is 6.42 Å². The molecule has 19 heavy (non-hydrogen) atoms. The number of fused-ring (bicyclic) bond motifs is 1. The number of aromatic nitrogens is 1. The summed E-state index contributed by atoms with van der Waals surface area (Å²) in [6.07, 6.45) is 0.610. The Bertz CT molecular complexity index is 789. The average Bonchev–Trinajstić information content (AvgIpc) is 2.84. The summed E-state index contributed by atoms with van der Waals surface area (Å²) < 4.78 is 5.20. The lowest BCUT2D eigenvalue weighted by molar-refractivity contribution is 0.451. The smallest absolute Gasteiger partial charge is 0.348 e. The monoisotopic (exact) mass is 291 g/mol. The molecule has 3 aromatic rings.